The third-order valence-electron chi connectivity index (χ3n) is 3.10. The summed E-state index contributed by atoms with van der Waals surface area (Å²) in [7, 11) is 1.90. The average molecular weight is 377 g/mol. The van der Waals surface area contributed by atoms with E-state index in [4.69, 9.17) is 23.2 Å². The molecular formula is C14H16BrCl2N3. The minimum atomic E-state index is -0.0652. The van der Waals surface area contributed by atoms with Crippen molar-refractivity contribution in [2.24, 2.45) is 0 Å². The fraction of sp³-hybridized carbons (Fsp3) is 0.357. The van der Waals surface area contributed by atoms with Crippen LogP contribution in [0.15, 0.2) is 28.9 Å². The zero-order chi connectivity index (χ0) is 14.7. The van der Waals surface area contributed by atoms with Crippen molar-refractivity contribution in [1.82, 2.24) is 15.1 Å². The molecule has 0 spiro atoms. The highest BCUT2D eigenvalue weighted by Gasteiger charge is 2.22. The molecule has 0 saturated carbocycles. The fourth-order valence-corrected chi connectivity index (χ4v) is 3.16. The maximum atomic E-state index is 6.32. The van der Waals surface area contributed by atoms with Gasteiger partial charge in [0.15, 0.2) is 0 Å². The van der Waals surface area contributed by atoms with Crippen LogP contribution in [0.4, 0.5) is 0 Å². The maximum absolute atomic E-state index is 6.32. The summed E-state index contributed by atoms with van der Waals surface area (Å²) in [5.41, 5.74) is 2.00. The highest BCUT2D eigenvalue weighted by molar-refractivity contribution is 9.10. The molecule has 0 aliphatic heterocycles. The summed E-state index contributed by atoms with van der Waals surface area (Å²) < 4.78 is 2.95. The van der Waals surface area contributed by atoms with E-state index in [1.165, 1.54) is 0 Å². The van der Waals surface area contributed by atoms with Crippen LogP contribution in [0.5, 0.6) is 0 Å². The minimum absolute atomic E-state index is 0.0652. The molecule has 1 unspecified atom stereocenters. The maximum Gasteiger partial charge on any atom is 0.0772 e. The molecule has 2 rings (SSSR count). The van der Waals surface area contributed by atoms with E-state index in [9.17, 15) is 0 Å². The molecular weight excluding hydrogens is 361 g/mol. The van der Waals surface area contributed by atoms with Crippen molar-refractivity contribution < 1.29 is 0 Å². The van der Waals surface area contributed by atoms with Crippen LogP contribution in [0.25, 0.3) is 0 Å². The van der Waals surface area contributed by atoms with Crippen molar-refractivity contribution in [3.63, 3.8) is 0 Å². The molecule has 1 N–H and O–H groups in total. The van der Waals surface area contributed by atoms with Crippen molar-refractivity contribution in [2.45, 2.75) is 25.9 Å². The van der Waals surface area contributed by atoms with Gasteiger partial charge < -0.3 is 5.32 Å². The van der Waals surface area contributed by atoms with E-state index in [-0.39, 0.29) is 6.04 Å². The highest BCUT2D eigenvalue weighted by Crippen LogP contribution is 2.33. The molecule has 0 aliphatic rings. The zero-order valence-electron chi connectivity index (χ0n) is 11.3. The summed E-state index contributed by atoms with van der Waals surface area (Å²) in [6, 6.07) is 5.43. The molecule has 0 bridgehead atoms. The van der Waals surface area contributed by atoms with Crippen LogP contribution in [-0.4, -0.2) is 16.8 Å². The third kappa shape index (κ3) is 3.19. The van der Waals surface area contributed by atoms with Crippen molar-refractivity contribution >= 4 is 39.1 Å². The molecule has 1 aromatic heterocycles. The van der Waals surface area contributed by atoms with Gasteiger partial charge in [-0.05, 0) is 53.2 Å². The number of halogens is 3. The van der Waals surface area contributed by atoms with Gasteiger partial charge in [-0.1, -0.05) is 30.1 Å². The van der Waals surface area contributed by atoms with Gasteiger partial charge in [-0.3, -0.25) is 4.68 Å². The van der Waals surface area contributed by atoms with Crippen LogP contribution in [-0.2, 0) is 6.54 Å². The van der Waals surface area contributed by atoms with E-state index in [0.717, 1.165) is 28.7 Å². The molecule has 0 aliphatic carbocycles. The van der Waals surface area contributed by atoms with Crippen LogP contribution in [0.2, 0.25) is 10.0 Å². The first-order valence-corrected chi connectivity index (χ1v) is 7.96. The van der Waals surface area contributed by atoms with Crippen LogP contribution < -0.4 is 5.32 Å². The second-order valence-electron chi connectivity index (χ2n) is 4.49. The number of aromatic nitrogens is 2. The number of rotatable bonds is 5. The summed E-state index contributed by atoms with van der Waals surface area (Å²) >= 11 is 16.0. The van der Waals surface area contributed by atoms with Crippen LogP contribution in [0.1, 0.15) is 30.6 Å². The van der Waals surface area contributed by atoms with E-state index in [1.54, 1.807) is 6.07 Å². The van der Waals surface area contributed by atoms with E-state index in [1.807, 2.05) is 30.1 Å². The summed E-state index contributed by atoms with van der Waals surface area (Å²) in [6.45, 7) is 2.98. The summed E-state index contributed by atoms with van der Waals surface area (Å²) in [6.07, 6.45) is 2.83. The van der Waals surface area contributed by atoms with Crippen molar-refractivity contribution in [3.8, 4) is 0 Å². The number of aryl methyl sites for hydroxylation is 1. The Balaban J connectivity index is 2.52. The molecule has 1 heterocycles. The molecule has 1 aromatic carbocycles. The Bertz CT molecular complexity index is 598. The molecule has 1 atom stereocenters. The Morgan fingerprint density at radius 3 is 2.80 bits per heavy atom. The standard InChI is InChI=1S/C14H16BrCl2N3/c1-3-6-20-14(11(15)8-19-20)13(18-2)10-7-9(16)4-5-12(10)17/h4-5,7-8,13,18H,3,6H2,1-2H3. The van der Waals surface area contributed by atoms with Crippen molar-refractivity contribution in [3.05, 3.63) is 50.2 Å². The quantitative estimate of drug-likeness (QED) is 0.821. The lowest BCUT2D eigenvalue weighted by Gasteiger charge is -2.20. The molecule has 20 heavy (non-hydrogen) atoms. The Morgan fingerprint density at radius 1 is 1.40 bits per heavy atom. The van der Waals surface area contributed by atoms with Crippen molar-refractivity contribution in [2.75, 3.05) is 7.05 Å². The molecule has 0 fully saturated rings. The van der Waals surface area contributed by atoms with E-state index < -0.39 is 0 Å². The number of nitrogens with one attached hydrogen (secondary N) is 1. The second kappa shape index (κ2) is 6.94. The topological polar surface area (TPSA) is 29.9 Å². The van der Waals surface area contributed by atoms with Gasteiger partial charge in [-0.25, -0.2) is 0 Å². The number of nitrogens with zero attached hydrogens (tertiary/aromatic N) is 2. The van der Waals surface area contributed by atoms with Gasteiger partial charge in [0.1, 0.15) is 0 Å². The normalized spacial score (nSPS) is 12.7. The zero-order valence-corrected chi connectivity index (χ0v) is 14.4. The van der Waals surface area contributed by atoms with E-state index in [2.05, 4.69) is 33.3 Å². The first-order valence-electron chi connectivity index (χ1n) is 6.41. The van der Waals surface area contributed by atoms with Crippen LogP contribution in [0.3, 0.4) is 0 Å². The lowest BCUT2D eigenvalue weighted by Crippen LogP contribution is -2.22. The largest absolute Gasteiger partial charge is 0.308 e. The fourth-order valence-electron chi connectivity index (χ4n) is 2.22. The third-order valence-corrected chi connectivity index (χ3v) is 4.29. The lowest BCUT2D eigenvalue weighted by atomic mass is 10.0. The summed E-state index contributed by atoms with van der Waals surface area (Å²) in [4.78, 5) is 0. The van der Waals surface area contributed by atoms with Crippen LogP contribution in [0, 0.1) is 0 Å². The Morgan fingerprint density at radius 2 is 2.15 bits per heavy atom. The van der Waals surface area contributed by atoms with Crippen LogP contribution >= 0.6 is 39.1 Å². The van der Waals surface area contributed by atoms with Crippen molar-refractivity contribution in [1.29, 1.82) is 0 Å². The van der Waals surface area contributed by atoms with Gasteiger partial charge >= 0.3 is 0 Å². The molecule has 0 radical (unpaired) electrons. The molecule has 0 amide bonds. The second-order valence-corrected chi connectivity index (χ2v) is 6.19. The van der Waals surface area contributed by atoms with E-state index >= 15 is 0 Å². The van der Waals surface area contributed by atoms with E-state index in [0.29, 0.717) is 10.0 Å². The Labute approximate surface area is 137 Å². The number of hydrogen-bond donors (Lipinski definition) is 1. The summed E-state index contributed by atoms with van der Waals surface area (Å²) in [5, 5.41) is 9.05. The molecule has 6 heteroatoms. The minimum Gasteiger partial charge on any atom is -0.308 e. The molecule has 0 saturated heterocycles. The SMILES string of the molecule is CCCn1ncc(Br)c1C(NC)c1cc(Cl)ccc1Cl. The van der Waals surface area contributed by atoms with Gasteiger partial charge in [0, 0.05) is 16.6 Å². The van der Waals surface area contributed by atoms with Gasteiger partial charge in [-0.15, -0.1) is 0 Å². The van der Waals surface area contributed by atoms with Gasteiger partial charge in [0.2, 0.25) is 0 Å². The highest BCUT2D eigenvalue weighted by atomic mass is 79.9. The smallest absolute Gasteiger partial charge is 0.0772 e. The average Bonchev–Trinajstić information content (AvgIpc) is 2.77. The number of hydrogen-bond acceptors (Lipinski definition) is 2. The summed E-state index contributed by atoms with van der Waals surface area (Å²) in [5.74, 6) is 0. The van der Waals surface area contributed by atoms with Gasteiger partial charge in [0.25, 0.3) is 0 Å². The monoisotopic (exact) mass is 375 g/mol. The number of benzene rings is 1. The van der Waals surface area contributed by atoms with Gasteiger partial charge in [-0.2, -0.15) is 5.10 Å². The predicted molar refractivity (Wildman–Crippen MR) is 87.6 cm³/mol. The lowest BCUT2D eigenvalue weighted by molar-refractivity contribution is 0.533. The Kier molecular flexibility index (Phi) is 5.49. The van der Waals surface area contributed by atoms with Gasteiger partial charge in [0.05, 0.1) is 22.4 Å². The molecule has 3 nitrogen and oxygen atoms in total. The first-order chi connectivity index (χ1) is 9.58. The molecule has 2 aromatic rings. The Hall–Kier alpha value is -0.550. The molecule has 108 valence electrons. The first kappa shape index (κ1) is 15.8. The predicted octanol–water partition coefficient (Wildman–Crippen LogP) is 4.67.